The van der Waals surface area contributed by atoms with Gasteiger partial charge in [0.05, 0.1) is 23.9 Å². The number of allylic oxidation sites excluding steroid dienone is 1. The number of hydrogen-bond acceptors (Lipinski definition) is 5. The molecule has 1 aromatic heterocycles. The van der Waals surface area contributed by atoms with Gasteiger partial charge in [0.2, 0.25) is 5.91 Å². The molecule has 1 aliphatic carbocycles. The largest absolute Gasteiger partial charge is 0.500 e. The van der Waals surface area contributed by atoms with Crippen LogP contribution in [0.4, 0.5) is 0 Å². The zero-order chi connectivity index (χ0) is 25.8. The number of nitrogens with zero attached hydrogens (tertiary/aromatic N) is 4. The predicted molar refractivity (Wildman–Crippen MR) is 147 cm³/mol. The van der Waals surface area contributed by atoms with Crippen molar-refractivity contribution in [1.29, 1.82) is 0 Å². The van der Waals surface area contributed by atoms with Gasteiger partial charge in [-0.15, -0.1) is 0 Å². The molecule has 2 aromatic rings. The van der Waals surface area contributed by atoms with Crippen LogP contribution in [0.15, 0.2) is 47.5 Å². The molecule has 7 heteroatoms. The molecule has 1 saturated heterocycles. The summed E-state index contributed by atoms with van der Waals surface area (Å²) < 4.78 is 7.75. The minimum atomic E-state index is -0.267. The maximum Gasteiger partial charge on any atom is 0.255 e. The molecule has 5 rings (SSSR count). The first-order chi connectivity index (χ1) is 18.0. The number of aromatic nitrogens is 1. The van der Waals surface area contributed by atoms with Crippen molar-refractivity contribution in [2.45, 2.75) is 57.0 Å². The van der Waals surface area contributed by atoms with Crippen molar-refractivity contribution in [3.05, 3.63) is 58.6 Å². The van der Waals surface area contributed by atoms with Crippen LogP contribution >= 0.6 is 0 Å². The number of likely N-dealkylation sites (N-methyl/N-ethyl adjacent to an activating group) is 1. The molecule has 2 aliphatic heterocycles. The van der Waals surface area contributed by atoms with Crippen molar-refractivity contribution in [2.75, 3.05) is 46.4 Å². The Bertz CT molecular complexity index is 1170. The molecule has 0 N–H and O–H groups in total. The normalized spacial score (nSPS) is 24.1. The van der Waals surface area contributed by atoms with Gasteiger partial charge in [-0.1, -0.05) is 37.5 Å². The van der Waals surface area contributed by atoms with E-state index >= 15 is 0 Å². The van der Waals surface area contributed by atoms with E-state index in [0.29, 0.717) is 25.3 Å². The Morgan fingerprint density at radius 2 is 1.84 bits per heavy atom. The van der Waals surface area contributed by atoms with E-state index in [2.05, 4.69) is 22.9 Å². The summed E-state index contributed by atoms with van der Waals surface area (Å²) >= 11 is 0. The van der Waals surface area contributed by atoms with Crippen LogP contribution in [0, 0.1) is 5.92 Å². The lowest BCUT2D eigenvalue weighted by atomic mass is 9.86. The highest BCUT2D eigenvalue weighted by Crippen LogP contribution is 2.31. The van der Waals surface area contributed by atoms with Gasteiger partial charge in [0.25, 0.3) is 5.56 Å². The highest BCUT2D eigenvalue weighted by Gasteiger charge is 2.42. The number of pyridine rings is 1. The second-order valence-corrected chi connectivity index (χ2v) is 11.4. The van der Waals surface area contributed by atoms with E-state index in [1.807, 2.05) is 48.5 Å². The van der Waals surface area contributed by atoms with Crippen LogP contribution in [-0.2, 0) is 23.1 Å². The van der Waals surface area contributed by atoms with E-state index in [0.717, 1.165) is 75.6 Å². The van der Waals surface area contributed by atoms with E-state index in [1.54, 1.807) is 4.57 Å². The monoisotopic (exact) mass is 506 g/mol. The van der Waals surface area contributed by atoms with Crippen molar-refractivity contribution < 1.29 is 9.53 Å². The summed E-state index contributed by atoms with van der Waals surface area (Å²) in [5, 5.41) is 1.03. The van der Waals surface area contributed by atoms with Crippen molar-refractivity contribution >= 4 is 16.8 Å². The third-order valence-corrected chi connectivity index (χ3v) is 8.81. The van der Waals surface area contributed by atoms with Gasteiger partial charge in [-0.05, 0) is 56.3 Å². The van der Waals surface area contributed by atoms with E-state index in [9.17, 15) is 9.59 Å². The molecule has 0 bridgehead atoms. The molecule has 1 unspecified atom stereocenters. The number of amides is 1. The first kappa shape index (κ1) is 26.0. The third kappa shape index (κ3) is 5.63. The van der Waals surface area contributed by atoms with E-state index < -0.39 is 0 Å². The SMILES string of the molecule is CN1CCN(C2(CN(Cc3cc4ccccc4n(C)c3=O)C(=O)C3CCCCC3)CCC=COC2)CC1. The number of hydrogen-bond donors (Lipinski definition) is 0. The summed E-state index contributed by atoms with van der Waals surface area (Å²) in [7, 11) is 4.00. The molecule has 1 atom stereocenters. The van der Waals surface area contributed by atoms with E-state index in [-0.39, 0.29) is 22.9 Å². The minimum Gasteiger partial charge on any atom is -0.500 e. The van der Waals surface area contributed by atoms with Gasteiger partial charge in [0.15, 0.2) is 0 Å². The number of para-hydroxylation sites is 1. The van der Waals surface area contributed by atoms with Crippen LogP contribution < -0.4 is 5.56 Å². The summed E-state index contributed by atoms with van der Waals surface area (Å²) in [5.74, 6) is 0.257. The molecule has 0 spiro atoms. The molecule has 7 nitrogen and oxygen atoms in total. The molecule has 3 heterocycles. The Balaban J connectivity index is 1.50. The lowest BCUT2D eigenvalue weighted by Gasteiger charge is -2.49. The molecule has 37 heavy (non-hydrogen) atoms. The summed E-state index contributed by atoms with van der Waals surface area (Å²) in [6.45, 7) is 5.44. The first-order valence-electron chi connectivity index (χ1n) is 14.0. The van der Waals surface area contributed by atoms with Gasteiger partial charge in [0, 0.05) is 51.3 Å². The second-order valence-electron chi connectivity index (χ2n) is 11.4. The summed E-state index contributed by atoms with van der Waals surface area (Å²) in [4.78, 5) is 34.5. The number of aryl methyl sites for hydroxylation is 1. The molecular weight excluding hydrogens is 464 g/mol. The summed E-state index contributed by atoms with van der Waals surface area (Å²) in [6, 6.07) is 9.97. The van der Waals surface area contributed by atoms with Gasteiger partial charge in [-0.25, -0.2) is 0 Å². The molecule has 1 aromatic carbocycles. The van der Waals surface area contributed by atoms with Crippen LogP contribution in [0.5, 0.6) is 0 Å². The topological polar surface area (TPSA) is 58.0 Å². The van der Waals surface area contributed by atoms with Crippen molar-refractivity contribution in [3.63, 3.8) is 0 Å². The summed E-state index contributed by atoms with van der Waals surface area (Å²) in [5.41, 5.74) is 1.31. The smallest absolute Gasteiger partial charge is 0.255 e. The molecule has 1 amide bonds. The third-order valence-electron chi connectivity index (χ3n) is 8.81. The number of carbonyl (C=O) groups excluding carboxylic acids is 1. The number of ether oxygens (including phenoxy) is 1. The Morgan fingerprint density at radius 3 is 2.62 bits per heavy atom. The number of rotatable bonds is 6. The van der Waals surface area contributed by atoms with Gasteiger partial charge in [-0.2, -0.15) is 0 Å². The van der Waals surface area contributed by atoms with Gasteiger partial charge in [0.1, 0.15) is 6.61 Å². The molecule has 0 radical (unpaired) electrons. The van der Waals surface area contributed by atoms with Crippen LogP contribution in [0.3, 0.4) is 0 Å². The van der Waals surface area contributed by atoms with Crippen molar-refractivity contribution in [2.24, 2.45) is 13.0 Å². The highest BCUT2D eigenvalue weighted by molar-refractivity contribution is 5.81. The van der Waals surface area contributed by atoms with Crippen molar-refractivity contribution in [3.8, 4) is 0 Å². The average molecular weight is 507 g/mol. The molecule has 2 fully saturated rings. The molecule has 200 valence electrons. The lowest BCUT2D eigenvalue weighted by molar-refractivity contribution is -0.141. The fraction of sp³-hybridized carbons (Fsp3) is 0.600. The molecular formula is C30H42N4O3. The first-order valence-corrected chi connectivity index (χ1v) is 14.0. The molecule has 3 aliphatic rings. The number of benzene rings is 1. The number of fused-ring (bicyclic) bond motifs is 1. The quantitative estimate of drug-likeness (QED) is 0.597. The van der Waals surface area contributed by atoms with E-state index in [4.69, 9.17) is 4.74 Å². The van der Waals surface area contributed by atoms with Crippen LogP contribution in [0.25, 0.3) is 10.9 Å². The van der Waals surface area contributed by atoms with Gasteiger partial charge in [-0.3, -0.25) is 14.5 Å². The predicted octanol–water partition coefficient (Wildman–Crippen LogP) is 3.76. The van der Waals surface area contributed by atoms with Crippen LogP contribution in [0.2, 0.25) is 0 Å². The average Bonchev–Trinajstić information content (AvgIpc) is 3.18. The highest BCUT2D eigenvalue weighted by atomic mass is 16.5. The Hall–Kier alpha value is -2.64. The lowest BCUT2D eigenvalue weighted by Crippen LogP contribution is -2.63. The zero-order valence-corrected chi connectivity index (χ0v) is 22.5. The molecule has 1 saturated carbocycles. The maximum absolute atomic E-state index is 14.1. The Kier molecular flexibility index (Phi) is 8.01. The Morgan fingerprint density at radius 1 is 1.08 bits per heavy atom. The minimum absolute atomic E-state index is 0.0208. The van der Waals surface area contributed by atoms with Crippen LogP contribution in [-0.4, -0.2) is 77.1 Å². The van der Waals surface area contributed by atoms with E-state index in [1.165, 1.54) is 6.42 Å². The standard InChI is InChI=1S/C30H42N4O3/c1-31-15-17-34(18-16-31)30(14-8-9-19-37-23-30)22-33(29(36)24-10-4-3-5-11-24)21-26-20-25-12-6-7-13-27(25)32(2)28(26)35/h6-7,9,12-13,19-20,24H,3-5,8,10-11,14-18,21-23H2,1-2H3. The van der Waals surface area contributed by atoms with Crippen molar-refractivity contribution in [1.82, 2.24) is 19.3 Å². The summed E-state index contributed by atoms with van der Waals surface area (Å²) in [6.07, 6.45) is 11.1. The zero-order valence-electron chi connectivity index (χ0n) is 22.5. The fourth-order valence-corrected chi connectivity index (χ4v) is 6.50. The second kappa shape index (κ2) is 11.4. The Labute approximate surface area is 220 Å². The van der Waals surface area contributed by atoms with Gasteiger partial charge >= 0.3 is 0 Å². The fourth-order valence-electron chi connectivity index (χ4n) is 6.50. The van der Waals surface area contributed by atoms with Crippen LogP contribution in [0.1, 0.15) is 50.5 Å². The number of piperazine rings is 1. The van der Waals surface area contributed by atoms with Gasteiger partial charge < -0.3 is 19.1 Å². The maximum atomic E-state index is 14.1. The number of carbonyl (C=O) groups is 1.